The minimum Gasteiger partial charge on any atom is -0.469 e. The van der Waals surface area contributed by atoms with Gasteiger partial charge in [-0.3, -0.25) is 4.79 Å². The second-order valence-corrected chi connectivity index (χ2v) is 14.3. The lowest BCUT2D eigenvalue weighted by Crippen LogP contribution is -2.87. The van der Waals surface area contributed by atoms with Crippen LogP contribution < -0.4 is 0 Å². The molecule has 2 unspecified atom stereocenters. The molecule has 0 aromatic rings. The number of aliphatic hydroxyl groups excluding tert-OH is 1. The van der Waals surface area contributed by atoms with Gasteiger partial charge in [0.1, 0.15) is 17.3 Å². The van der Waals surface area contributed by atoms with Crippen molar-refractivity contribution in [1.82, 2.24) is 0 Å². The first-order valence-electron chi connectivity index (χ1n) is 14.3. The molecule has 7 nitrogen and oxygen atoms in total. The fraction of sp³-hybridized carbons (Fsp3) is 0.833. The smallest absolute Gasteiger partial charge is 0.213 e. The number of ketones is 1. The Labute approximate surface area is 219 Å². The summed E-state index contributed by atoms with van der Waals surface area (Å²) in [4.78, 5) is 14.4. The predicted octanol–water partition coefficient (Wildman–Crippen LogP) is 4.49. The van der Waals surface area contributed by atoms with E-state index in [-0.39, 0.29) is 35.2 Å². The van der Waals surface area contributed by atoms with E-state index in [2.05, 4.69) is 34.3 Å². The van der Waals surface area contributed by atoms with Gasteiger partial charge in [0.05, 0.1) is 24.7 Å². The summed E-state index contributed by atoms with van der Waals surface area (Å²) in [7, 11) is 0. The van der Waals surface area contributed by atoms with Crippen molar-refractivity contribution in [3.63, 3.8) is 0 Å². The van der Waals surface area contributed by atoms with E-state index in [9.17, 15) is 9.90 Å². The summed E-state index contributed by atoms with van der Waals surface area (Å²) in [6, 6.07) is 0. The largest absolute Gasteiger partial charge is 0.469 e. The van der Waals surface area contributed by atoms with Crippen molar-refractivity contribution in [2.45, 2.75) is 104 Å². The zero-order chi connectivity index (χ0) is 26.3. The second-order valence-electron chi connectivity index (χ2n) is 14.3. The molecule has 4 aliphatic heterocycles. The van der Waals surface area contributed by atoms with E-state index >= 15 is 0 Å². The molecule has 0 aromatic heterocycles. The Hall–Kier alpha value is -1.25. The number of hydrogen-bond donors (Lipinski definition) is 1. The fourth-order valence-electron chi connectivity index (χ4n) is 10.1. The van der Waals surface area contributed by atoms with Crippen molar-refractivity contribution in [3.8, 4) is 0 Å². The molecule has 3 saturated heterocycles. The van der Waals surface area contributed by atoms with Crippen LogP contribution in [0.15, 0.2) is 23.5 Å². The molecule has 4 heterocycles. The van der Waals surface area contributed by atoms with Crippen LogP contribution >= 0.6 is 0 Å². The maximum Gasteiger partial charge on any atom is 0.213 e. The molecule has 7 heteroatoms. The van der Waals surface area contributed by atoms with Gasteiger partial charge in [-0.25, -0.2) is 0 Å². The first-order chi connectivity index (χ1) is 17.3. The van der Waals surface area contributed by atoms with Crippen molar-refractivity contribution in [2.24, 2.45) is 39.9 Å². The molecule has 1 N–H and O–H groups in total. The average molecular weight is 515 g/mol. The van der Waals surface area contributed by atoms with E-state index in [4.69, 9.17) is 23.7 Å². The highest BCUT2D eigenvalue weighted by atomic mass is 16.8. The summed E-state index contributed by atoms with van der Waals surface area (Å²) in [6.07, 6.45) is 2.41. The third kappa shape index (κ3) is 2.69. The number of aliphatic hydroxyl groups is 1. The summed E-state index contributed by atoms with van der Waals surface area (Å²) in [5.74, 6) is -1.63. The minimum absolute atomic E-state index is 0.0500. The van der Waals surface area contributed by atoms with E-state index in [1.165, 1.54) is 5.57 Å². The molecule has 4 aliphatic carbocycles. The van der Waals surface area contributed by atoms with Gasteiger partial charge < -0.3 is 28.8 Å². The summed E-state index contributed by atoms with van der Waals surface area (Å²) >= 11 is 0. The lowest BCUT2D eigenvalue weighted by molar-refractivity contribution is -0.527. The maximum absolute atomic E-state index is 14.4. The maximum atomic E-state index is 14.4. The molecular weight excluding hydrogens is 472 g/mol. The van der Waals surface area contributed by atoms with Gasteiger partial charge in [-0.05, 0) is 67.9 Å². The summed E-state index contributed by atoms with van der Waals surface area (Å²) < 4.78 is 33.0. The van der Waals surface area contributed by atoms with E-state index in [1.807, 2.05) is 13.8 Å². The van der Waals surface area contributed by atoms with Gasteiger partial charge in [-0.1, -0.05) is 34.3 Å². The molecule has 9 atom stereocenters. The van der Waals surface area contributed by atoms with Crippen molar-refractivity contribution < 1.29 is 33.6 Å². The Bertz CT molecular complexity index is 1110. The lowest BCUT2D eigenvalue weighted by Gasteiger charge is -2.77. The Morgan fingerprint density at radius 1 is 1.16 bits per heavy atom. The SMILES string of the molecule is C=C1C(=O)[C@@]23C4OC(C)(C)OC25OC[C@]2(C6=C(CC[C@H](OCC(C)C)O6)CC(C)(C)[C@H]2[C@@H]5O)[C@@H]3CC[C@@H]14. The highest BCUT2D eigenvalue weighted by Gasteiger charge is 2.90. The van der Waals surface area contributed by atoms with Gasteiger partial charge in [-0.15, -0.1) is 0 Å². The Kier molecular flexibility index (Phi) is 4.87. The molecule has 0 aromatic carbocycles. The first-order valence-corrected chi connectivity index (χ1v) is 14.3. The summed E-state index contributed by atoms with van der Waals surface area (Å²) in [6.45, 7) is 17.7. The Morgan fingerprint density at radius 2 is 1.92 bits per heavy atom. The second kappa shape index (κ2) is 7.28. The number of Topliss-reactive ketones (excluding diaryl/α,β-unsaturated/α-hetero) is 1. The quantitative estimate of drug-likeness (QED) is 0.556. The Balaban J connectivity index is 1.44. The van der Waals surface area contributed by atoms with Crippen molar-refractivity contribution in [1.29, 1.82) is 0 Å². The van der Waals surface area contributed by atoms with Gasteiger partial charge in [0.15, 0.2) is 17.9 Å². The lowest BCUT2D eigenvalue weighted by atomic mass is 9.36. The van der Waals surface area contributed by atoms with Crippen LogP contribution in [-0.4, -0.2) is 54.2 Å². The number of carbonyl (C=O) groups excluding carboxylic acids is 1. The summed E-state index contributed by atoms with van der Waals surface area (Å²) in [5.41, 5.74) is -0.153. The number of fused-ring (bicyclic) bond motifs is 1. The highest BCUT2D eigenvalue weighted by molar-refractivity contribution is 6.05. The van der Waals surface area contributed by atoms with Crippen LogP contribution in [0.2, 0.25) is 0 Å². The van der Waals surface area contributed by atoms with Crippen LogP contribution in [0.3, 0.4) is 0 Å². The Morgan fingerprint density at radius 3 is 2.65 bits per heavy atom. The standard InChI is InChI=1S/C30H42O7/c1-15(2)13-33-20-11-8-17-12-26(4,5)21-23(32)30-29-19(28(21,14-34-30)24(17)35-20)10-9-18(16(3)22(29)31)25(29)36-27(6,7)37-30/h15,18-21,23,25,32H,3,8-14H2,1-2,4-7H3/t18-,19-,20+,21+,23-,25?,28-,29-,30?/m0/s1. The topological polar surface area (TPSA) is 83.5 Å². The highest BCUT2D eigenvalue weighted by Crippen LogP contribution is 2.80. The fourth-order valence-corrected chi connectivity index (χ4v) is 10.1. The number of allylic oxidation sites excluding steroid dienone is 1. The van der Waals surface area contributed by atoms with Crippen molar-refractivity contribution in [2.75, 3.05) is 13.2 Å². The van der Waals surface area contributed by atoms with E-state index < -0.39 is 34.6 Å². The van der Waals surface area contributed by atoms with Gasteiger partial charge in [0, 0.05) is 18.3 Å². The molecule has 0 radical (unpaired) electrons. The zero-order valence-electron chi connectivity index (χ0n) is 23.1. The third-order valence-corrected chi connectivity index (χ3v) is 10.8. The number of carbonyl (C=O) groups is 1. The van der Waals surface area contributed by atoms with Crippen LogP contribution in [0.5, 0.6) is 0 Å². The van der Waals surface area contributed by atoms with Gasteiger partial charge in [0.2, 0.25) is 5.79 Å². The van der Waals surface area contributed by atoms with Crippen LogP contribution in [0.4, 0.5) is 0 Å². The number of ether oxygens (including phenoxy) is 5. The molecule has 3 saturated carbocycles. The molecule has 3 spiro atoms. The van der Waals surface area contributed by atoms with Crippen LogP contribution in [0.25, 0.3) is 0 Å². The van der Waals surface area contributed by atoms with E-state index in [0.29, 0.717) is 24.7 Å². The monoisotopic (exact) mass is 514 g/mol. The zero-order valence-corrected chi connectivity index (χ0v) is 23.1. The van der Waals surface area contributed by atoms with E-state index in [0.717, 1.165) is 37.9 Å². The average Bonchev–Trinajstić information content (AvgIpc) is 2.92. The molecular formula is C30H42O7. The predicted molar refractivity (Wildman–Crippen MR) is 134 cm³/mol. The van der Waals surface area contributed by atoms with Crippen LogP contribution in [0.1, 0.15) is 73.6 Å². The molecule has 37 heavy (non-hydrogen) atoms. The number of hydrogen-bond acceptors (Lipinski definition) is 7. The van der Waals surface area contributed by atoms with Crippen molar-refractivity contribution >= 4 is 5.78 Å². The molecule has 6 fully saturated rings. The van der Waals surface area contributed by atoms with Gasteiger partial charge >= 0.3 is 0 Å². The van der Waals surface area contributed by atoms with Crippen molar-refractivity contribution in [3.05, 3.63) is 23.5 Å². The molecule has 0 amide bonds. The molecule has 204 valence electrons. The first kappa shape index (κ1) is 24.8. The normalized spacial score (nSPS) is 50.5. The van der Waals surface area contributed by atoms with Gasteiger partial charge in [0.25, 0.3) is 0 Å². The van der Waals surface area contributed by atoms with E-state index in [1.54, 1.807) is 0 Å². The summed E-state index contributed by atoms with van der Waals surface area (Å²) in [5, 5.41) is 12.5. The van der Waals surface area contributed by atoms with Crippen LogP contribution in [-0.2, 0) is 28.5 Å². The molecule has 4 bridgehead atoms. The minimum atomic E-state index is -1.47. The van der Waals surface area contributed by atoms with Gasteiger partial charge in [-0.2, -0.15) is 0 Å². The van der Waals surface area contributed by atoms with Crippen LogP contribution in [0, 0.1) is 39.9 Å². The molecule has 8 rings (SSSR count). The molecule has 8 aliphatic rings. The number of rotatable bonds is 3. The third-order valence-electron chi connectivity index (χ3n) is 10.8.